The van der Waals surface area contributed by atoms with Crippen molar-refractivity contribution >= 4 is 23.0 Å². The highest BCUT2D eigenvalue weighted by atomic mass is 32.1. The fourth-order valence-electron chi connectivity index (χ4n) is 4.96. The minimum atomic E-state index is -4.54. The Morgan fingerprint density at radius 1 is 1.26 bits per heavy atom. The van der Waals surface area contributed by atoms with Gasteiger partial charge in [0.05, 0.1) is 10.7 Å². The van der Waals surface area contributed by atoms with Crippen LogP contribution in [0.15, 0.2) is 46.0 Å². The van der Waals surface area contributed by atoms with Crippen molar-refractivity contribution in [3.05, 3.63) is 73.8 Å². The average Bonchev–Trinajstić information content (AvgIpc) is 3.68. The second-order valence-corrected chi connectivity index (χ2v) is 10.7. The number of aryl methyl sites for hydroxylation is 1. The van der Waals surface area contributed by atoms with E-state index in [0.29, 0.717) is 38.0 Å². The van der Waals surface area contributed by atoms with Gasteiger partial charge in [0.15, 0.2) is 11.8 Å². The molecule has 1 amide bonds. The van der Waals surface area contributed by atoms with E-state index in [0.717, 1.165) is 38.3 Å². The number of rotatable bonds is 7. The Balaban J connectivity index is 1.17. The number of amides is 1. The molecule has 13 heteroatoms. The van der Waals surface area contributed by atoms with E-state index in [1.54, 1.807) is 23.2 Å². The van der Waals surface area contributed by atoms with Crippen molar-refractivity contribution in [2.75, 3.05) is 13.1 Å². The number of halogens is 3. The van der Waals surface area contributed by atoms with Gasteiger partial charge in [-0.2, -0.15) is 23.2 Å². The van der Waals surface area contributed by atoms with Crippen LogP contribution in [0.3, 0.4) is 0 Å². The lowest BCUT2D eigenvalue weighted by Crippen LogP contribution is -2.40. The van der Waals surface area contributed by atoms with Crippen molar-refractivity contribution < 1.29 is 22.8 Å². The number of hydrogen-bond donors (Lipinski definition) is 0. The predicted octanol–water partition coefficient (Wildman–Crippen LogP) is 5.77. The number of benzene rings is 1. The first-order chi connectivity index (χ1) is 18.6. The monoisotopic (exact) mass is 560 g/mol. The molecule has 1 fully saturated rings. The van der Waals surface area contributed by atoms with E-state index in [-0.39, 0.29) is 24.5 Å². The molecule has 1 aromatic carbocycles. The van der Waals surface area contributed by atoms with Gasteiger partial charge in [-0.15, -0.1) is 11.3 Å². The first-order valence-corrected chi connectivity index (χ1v) is 13.5. The van der Waals surface area contributed by atoms with Crippen molar-refractivity contribution in [2.45, 2.75) is 63.9 Å². The molecule has 39 heavy (non-hydrogen) atoms. The number of aromatic nitrogens is 3. The number of likely N-dealkylation sites (tertiary alicyclic amines) is 1. The van der Waals surface area contributed by atoms with Crippen LogP contribution < -0.4 is 0 Å². The first kappa shape index (κ1) is 27.0. The minimum Gasteiger partial charge on any atom is -0.387 e. The van der Waals surface area contributed by atoms with Gasteiger partial charge >= 0.3 is 6.18 Å². The van der Waals surface area contributed by atoms with Gasteiger partial charge in [-0.05, 0) is 38.3 Å². The number of alkyl halides is 3. The third-order valence-electron chi connectivity index (χ3n) is 7.19. The van der Waals surface area contributed by atoms with E-state index < -0.39 is 17.9 Å². The Labute approximate surface area is 226 Å². The summed E-state index contributed by atoms with van der Waals surface area (Å²) in [5.41, 5.74) is 2.49. The Hall–Kier alpha value is -3.61. The van der Waals surface area contributed by atoms with Gasteiger partial charge in [0, 0.05) is 42.1 Å². The highest BCUT2D eigenvalue weighted by molar-refractivity contribution is 7.10. The van der Waals surface area contributed by atoms with E-state index in [1.807, 2.05) is 29.6 Å². The van der Waals surface area contributed by atoms with E-state index in [9.17, 15) is 22.9 Å². The molecule has 3 aromatic rings. The molecule has 0 saturated carbocycles. The Kier molecular flexibility index (Phi) is 7.52. The molecule has 0 bridgehead atoms. The molecule has 4 heterocycles. The van der Waals surface area contributed by atoms with Crippen LogP contribution in [0.2, 0.25) is 0 Å². The zero-order chi connectivity index (χ0) is 27.7. The first-order valence-electron chi connectivity index (χ1n) is 12.6. The number of thiazole rings is 1. The van der Waals surface area contributed by atoms with Gasteiger partial charge < -0.3 is 9.74 Å². The highest BCUT2D eigenvalue weighted by Gasteiger charge is 2.35. The summed E-state index contributed by atoms with van der Waals surface area (Å²) in [4.78, 5) is 36.0. The summed E-state index contributed by atoms with van der Waals surface area (Å²) >= 11 is 1.54. The summed E-state index contributed by atoms with van der Waals surface area (Å²) < 4.78 is 39.9. The SMILES string of the molecule is Cc1cc(C(F)(F)F)nn1CC(=O)N1CCC(c2nc(C3=NOC(c4ccccc4C(C)N=O)C3)cs2)CC1. The molecule has 0 N–H and O–H groups in total. The largest absolute Gasteiger partial charge is 0.435 e. The molecule has 1 saturated heterocycles. The Morgan fingerprint density at radius 2 is 2.00 bits per heavy atom. The standard InChI is InChI=1S/C26H27F3N6O3S/c1-15-11-23(26(27,28)29)31-35(15)13-24(36)34-9-7-17(8-10-34)25-30-21(14-39-25)20-12-22(38-33-20)19-6-4-3-5-18(19)16(2)32-37/h3-6,11,14,16-17,22H,7-10,12-13H2,1-2H3. The summed E-state index contributed by atoms with van der Waals surface area (Å²) in [6.45, 7) is 4.02. The van der Waals surface area contributed by atoms with E-state index in [1.165, 1.54) is 6.92 Å². The zero-order valence-electron chi connectivity index (χ0n) is 21.4. The topological polar surface area (TPSA) is 102 Å². The van der Waals surface area contributed by atoms with Gasteiger partial charge in [0.1, 0.15) is 18.3 Å². The molecular weight excluding hydrogens is 533 g/mol. The Morgan fingerprint density at radius 3 is 2.69 bits per heavy atom. The molecule has 2 aromatic heterocycles. The van der Waals surface area contributed by atoms with E-state index >= 15 is 0 Å². The van der Waals surface area contributed by atoms with Crippen LogP contribution >= 0.6 is 11.3 Å². The second-order valence-electron chi connectivity index (χ2n) is 9.80. The number of nitroso groups, excluding NO2 is 1. The number of carbonyl (C=O) groups excluding carboxylic acids is 1. The maximum atomic E-state index is 12.9. The summed E-state index contributed by atoms with van der Waals surface area (Å²) in [6, 6.07) is 8.01. The van der Waals surface area contributed by atoms with Gasteiger partial charge in [0.25, 0.3) is 0 Å². The molecule has 0 spiro atoms. The zero-order valence-corrected chi connectivity index (χ0v) is 22.2. The van der Waals surface area contributed by atoms with Crippen molar-refractivity contribution in [1.82, 2.24) is 19.7 Å². The molecule has 206 valence electrons. The van der Waals surface area contributed by atoms with Crippen molar-refractivity contribution in [3.63, 3.8) is 0 Å². The lowest BCUT2D eigenvalue weighted by atomic mass is 9.95. The van der Waals surface area contributed by atoms with Crippen molar-refractivity contribution in [1.29, 1.82) is 0 Å². The number of carbonyl (C=O) groups is 1. The summed E-state index contributed by atoms with van der Waals surface area (Å²) in [5.74, 6) is -0.0777. The van der Waals surface area contributed by atoms with Crippen LogP contribution in [-0.4, -0.2) is 44.4 Å². The quantitative estimate of drug-likeness (QED) is 0.342. The van der Waals surface area contributed by atoms with Crippen LogP contribution in [0.4, 0.5) is 13.2 Å². The molecule has 2 atom stereocenters. The summed E-state index contributed by atoms with van der Waals surface area (Å²) in [7, 11) is 0. The van der Waals surface area contributed by atoms with Crippen molar-refractivity contribution in [2.24, 2.45) is 10.3 Å². The smallest absolute Gasteiger partial charge is 0.387 e. The lowest BCUT2D eigenvalue weighted by Gasteiger charge is -2.31. The second kappa shape index (κ2) is 10.9. The predicted molar refractivity (Wildman–Crippen MR) is 138 cm³/mol. The molecule has 2 aliphatic heterocycles. The molecule has 9 nitrogen and oxygen atoms in total. The van der Waals surface area contributed by atoms with Crippen LogP contribution in [0.25, 0.3) is 0 Å². The summed E-state index contributed by atoms with van der Waals surface area (Å²) in [5, 5.41) is 13.9. The van der Waals surface area contributed by atoms with Gasteiger partial charge in [-0.3, -0.25) is 9.48 Å². The molecule has 2 aliphatic rings. The minimum absolute atomic E-state index is 0.176. The normalized spacial score (nSPS) is 19.1. The molecular formula is C26H27F3N6O3S. The molecule has 2 unspecified atom stereocenters. The van der Waals surface area contributed by atoms with Crippen molar-refractivity contribution in [3.8, 4) is 0 Å². The third-order valence-corrected chi connectivity index (χ3v) is 8.20. The van der Waals surface area contributed by atoms with Gasteiger partial charge in [0.2, 0.25) is 5.91 Å². The number of oxime groups is 1. The maximum absolute atomic E-state index is 12.9. The van der Waals surface area contributed by atoms with Gasteiger partial charge in [-0.25, -0.2) is 4.98 Å². The van der Waals surface area contributed by atoms with Gasteiger partial charge in [-0.1, -0.05) is 34.6 Å². The number of hydrogen-bond acceptors (Lipinski definition) is 8. The summed E-state index contributed by atoms with van der Waals surface area (Å²) in [6.07, 6.45) is -2.91. The fraction of sp³-hybridized carbons (Fsp3) is 0.462. The fourth-order valence-corrected chi connectivity index (χ4v) is 5.96. The van der Waals surface area contributed by atoms with E-state index in [4.69, 9.17) is 9.82 Å². The number of nitrogens with zero attached hydrogens (tertiary/aromatic N) is 6. The maximum Gasteiger partial charge on any atom is 0.435 e. The Bertz CT molecular complexity index is 1390. The lowest BCUT2D eigenvalue weighted by molar-refractivity contribution is -0.142. The molecule has 0 aliphatic carbocycles. The molecule has 5 rings (SSSR count). The molecule has 0 radical (unpaired) electrons. The van der Waals surface area contributed by atoms with Crippen LogP contribution in [0.1, 0.15) is 77.5 Å². The third kappa shape index (κ3) is 5.72. The van der Waals surface area contributed by atoms with Crippen LogP contribution in [0.5, 0.6) is 0 Å². The highest BCUT2D eigenvalue weighted by Crippen LogP contribution is 2.36. The van der Waals surface area contributed by atoms with E-state index in [2.05, 4.69) is 15.4 Å². The average molecular weight is 561 g/mol. The van der Waals surface area contributed by atoms with Crippen LogP contribution in [-0.2, 0) is 22.4 Å². The number of piperidine rings is 1. The van der Waals surface area contributed by atoms with Crippen LogP contribution in [0, 0.1) is 11.8 Å².